The molecule has 0 spiro atoms. The van der Waals surface area contributed by atoms with Crippen molar-refractivity contribution in [1.82, 2.24) is 0 Å². The number of hydrogen-bond acceptors (Lipinski definition) is 4. The molecule has 2 aromatic rings. The molecular formula is C20H22O5. The van der Waals surface area contributed by atoms with Crippen LogP contribution in [0.3, 0.4) is 0 Å². The smallest absolute Gasteiger partial charge is 0.335 e. The maximum atomic E-state index is 11.8. The van der Waals surface area contributed by atoms with E-state index in [-0.39, 0.29) is 23.6 Å². The standard InChI is InChI=1S/C20H22O5/c1-2-24-20(23)13-5-8-17(9-6-13)25-18-10-7-14-11-16(19(21)22)4-3-15(14)12-18/h3-4,7,10-13,17H,2,5-6,8-9H2,1H3,(H,21,22)/t13-,17+. The van der Waals surface area contributed by atoms with Crippen molar-refractivity contribution in [3.8, 4) is 5.75 Å². The summed E-state index contributed by atoms with van der Waals surface area (Å²) in [5, 5.41) is 10.9. The fraction of sp³-hybridized carbons (Fsp3) is 0.400. The number of carbonyl (C=O) groups is 2. The zero-order valence-corrected chi connectivity index (χ0v) is 14.2. The van der Waals surface area contributed by atoms with E-state index in [2.05, 4.69) is 0 Å². The van der Waals surface area contributed by atoms with Crippen LogP contribution in [0.25, 0.3) is 10.8 Å². The van der Waals surface area contributed by atoms with Crippen molar-refractivity contribution >= 4 is 22.7 Å². The molecule has 1 saturated carbocycles. The minimum absolute atomic E-state index is 0.00848. The van der Waals surface area contributed by atoms with Crippen LogP contribution >= 0.6 is 0 Å². The van der Waals surface area contributed by atoms with Gasteiger partial charge in [-0.3, -0.25) is 4.79 Å². The molecule has 3 rings (SSSR count). The van der Waals surface area contributed by atoms with Crippen LogP contribution in [-0.2, 0) is 9.53 Å². The number of rotatable bonds is 5. The second-order valence-corrected chi connectivity index (χ2v) is 6.37. The van der Waals surface area contributed by atoms with Gasteiger partial charge in [0, 0.05) is 0 Å². The molecule has 132 valence electrons. The summed E-state index contributed by atoms with van der Waals surface area (Å²) < 4.78 is 11.1. The lowest BCUT2D eigenvalue weighted by molar-refractivity contribution is -0.149. The Morgan fingerprint density at radius 1 is 1.04 bits per heavy atom. The molecule has 5 heteroatoms. The molecule has 1 fully saturated rings. The Morgan fingerprint density at radius 3 is 2.40 bits per heavy atom. The van der Waals surface area contributed by atoms with Crippen LogP contribution in [0.5, 0.6) is 5.75 Å². The molecule has 0 radical (unpaired) electrons. The van der Waals surface area contributed by atoms with Crippen molar-refractivity contribution in [3.63, 3.8) is 0 Å². The van der Waals surface area contributed by atoms with Gasteiger partial charge in [-0.2, -0.15) is 0 Å². The molecule has 0 aliphatic heterocycles. The van der Waals surface area contributed by atoms with E-state index in [1.807, 2.05) is 25.1 Å². The lowest BCUT2D eigenvalue weighted by Gasteiger charge is -2.27. The Bertz CT molecular complexity index is 775. The van der Waals surface area contributed by atoms with Gasteiger partial charge in [0.2, 0.25) is 0 Å². The Labute approximate surface area is 146 Å². The number of hydrogen-bond donors (Lipinski definition) is 1. The summed E-state index contributed by atoms with van der Waals surface area (Å²) in [4.78, 5) is 22.8. The topological polar surface area (TPSA) is 72.8 Å². The molecule has 0 amide bonds. The lowest BCUT2D eigenvalue weighted by Crippen LogP contribution is -2.29. The third-order valence-corrected chi connectivity index (χ3v) is 4.66. The van der Waals surface area contributed by atoms with Gasteiger partial charge in [-0.15, -0.1) is 0 Å². The van der Waals surface area contributed by atoms with E-state index in [1.54, 1.807) is 18.2 Å². The zero-order chi connectivity index (χ0) is 17.8. The Balaban J connectivity index is 1.63. The molecule has 0 bridgehead atoms. The predicted octanol–water partition coefficient (Wildman–Crippen LogP) is 4.04. The van der Waals surface area contributed by atoms with Gasteiger partial charge >= 0.3 is 11.9 Å². The number of carboxylic acid groups (broad SMARTS) is 1. The SMILES string of the molecule is CCOC(=O)[C@H]1CC[C@@H](Oc2ccc3cc(C(=O)O)ccc3c2)CC1. The summed E-state index contributed by atoms with van der Waals surface area (Å²) in [6, 6.07) is 10.7. The van der Waals surface area contributed by atoms with Crippen molar-refractivity contribution in [3.05, 3.63) is 42.0 Å². The zero-order valence-electron chi connectivity index (χ0n) is 14.2. The van der Waals surface area contributed by atoms with Crippen LogP contribution in [0.15, 0.2) is 36.4 Å². The second-order valence-electron chi connectivity index (χ2n) is 6.37. The third kappa shape index (κ3) is 4.10. The van der Waals surface area contributed by atoms with Crippen molar-refractivity contribution in [2.75, 3.05) is 6.61 Å². The van der Waals surface area contributed by atoms with E-state index in [9.17, 15) is 9.59 Å². The van der Waals surface area contributed by atoms with Gasteiger partial charge in [-0.25, -0.2) is 4.79 Å². The number of carboxylic acids is 1. The van der Waals surface area contributed by atoms with Crippen LogP contribution in [0.2, 0.25) is 0 Å². The van der Waals surface area contributed by atoms with Crippen LogP contribution in [0.1, 0.15) is 43.0 Å². The van der Waals surface area contributed by atoms with E-state index >= 15 is 0 Å². The highest BCUT2D eigenvalue weighted by molar-refractivity contribution is 5.94. The van der Waals surface area contributed by atoms with E-state index in [0.29, 0.717) is 6.61 Å². The molecule has 0 aromatic heterocycles. The Kier molecular flexibility index (Phi) is 5.22. The van der Waals surface area contributed by atoms with Crippen molar-refractivity contribution < 1.29 is 24.2 Å². The number of fused-ring (bicyclic) bond motifs is 1. The number of aromatic carboxylic acids is 1. The largest absolute Gasteiger partial charge is 0.490 e. The Hall–Kier alpha value is -2.56. The highest BCUT2D eigenvalue weighted by atomic mass is 16.5. The van der Waals surface area contributed by atoms with Gasteiger partial charge in [0.1, 0.15) is 5.75 Å². The molecule has 1 N–H and O–H groups in total. The molecule has 0 atom stereocenters. The Morgan fingerprint density at radius 2 is 1.72 bits per heavy atom. The average molecular weight is 342 g/mol. The van der Waals surface area contributed by atoms with Gasteiger partial charge in [-0.05, 0) is 67.6 Å². The molecule has 1 aliphatic carbocycles. The quantitative estimate of drug-likeness (QED) is 0.830. The monoisotopic (exact) mass is 342 g/mol. The number of carbonyl (C=O) groups excluding carboxylic acids is 1. The molecule has 2 aromatic carbocycles. The molecule has 25 heavy (non-hydrogen) atoms. The summed E-state index contributed by atoms with van der Waals surface area (Å²) >= 11 is 0. The minimum atomic E-state index is -0.930. The first kappa shape index (κ1) is 17.3. The van der Waals surface area contributed by atoms with E-state index in [4.69, 9.17) is 14.6 Å². The van der Waals surface area contributed by atoms with Gasteiger partial charge in [0.15, 0.2) is 0 Å². The van der Waals surface area contributed by atoms with Crippen LogP contribution in [0.4, 0.5) is 0 Å². The first-order chi connectivity index (χ1) is 12.1. The van der Waals surface area contributed by atoms with Gasteiger partial charge in [0.05, 0.1) is 24.2 Å². The fourth-order valence-electron chi connectivity index (χ4n) is 3.30. The second kappa shape index (κ2) is 7.55. The molecule has 0 unspecified atom stereocenters. The maximum Gasteiger partial charge on any atom is 0.335 e. The van der Waals surface area contributed by atoms with Gasteiger partial charge in [-0.1, -0.05) is 12.1 Å². The fourth-order valence-corrected chi connectivity index (χ4v) is 3.30. The van der Waals surface area contributed by atoms with Crippen molar-refractivity contribution in [1.29, 1.82) is 0 Å². The van der Waals surface area contributed by atoms with E-state index < -0.39 is 5.97 Å². The predicted molar refractivity (Wildman–Crippen MR) is 93.9 cm³/mol. The van der Waals surface area contributed by atoms with Crippen molar-refractivity contribution in [2.24, 2.45) is 5.92 Å². The van der Waals surface area contributed by atoms with Crippen LogP contribution < -0.4 is 4.74 Å². The highest BCUT2D eigenvalue weighted by Crippen LogP contribution is 2.30. The normalized spacial score (nSPS) is 20.2. The van der Waals surface area contributed by atoms with E-state index in [0.717, 1.165) is 42.2 Å². The molecular weight excluding hydrogens is 320 g/mol. The summed E-state index contributed by atoms with van der Waals surface area (Å²) in [5.74, 6) is -0.262. The number of benzene rings is 2. The summed E-state index contributed by atoms with van der Waals surface area (Å²) in [6.07, 6.45) is 3.35. The maximum absolute atomic E-state index is 11.8. The van der Waals surface area contributed by atoms with Crippen LogP contribution in [-0.4, -0.2) is 29.8 Å². The first-order valence-corrected chi connectivity index (χ1v) is 8.67. The summed E-state index contributed by atoms with van der Waals surface area (Å²) in [7, 11) is 0. The summed E-state index contributed by atoms with van der Waals surface area (Å²) in [5.41, 5.74) is 0.276. The lowest BCUT2D eigenvalue weighted by atomic mass is 9.87. The van der Waals surface area contributed by atoms with Gasteiger partial charge < -0.3 is 14.6 Å². The van der Waals surface area contributed by atoms with E-state index in [1.165, 1.54) is 0 Å². The van der Waals surface area contributed by atoms with Gasteiger partial charge in [0.25, 0.3) is 0 Å². The highest BCUT2D eigenvalue weighted by Gasteiger charge is 2.28. The minimum Gasteiger partial charge on any atom is -0.490 e. The molecule has 5 nitrogen and oxygen atoms in total. The summed E-state index contributed by atoms with van der Waals surface area (Å²) in [6.45, 7) is 2.25. The average Bonchev–Trinajstić information content (AvgIpc) is 2.62. The molecule has 0 heterocycles. The molecule has 0 saturated heterocycles. The number of esters is 1. The van der Waals surface area contributed by atoms with Crippen LogP contribution in [0, 0.1) is 5.92 Å². The molecule has 1 aliphatic rings. The first-order valence-electron chi connectivity index (χ1n) is 8.67. The van der Waals surface area contributed by atoms with Crippen molar-refractivity contribution in [2.45, 2.75) is 38.7 Å². The number of ether oxygens (including phenoxy) is 2. The third-order valence-electron chi connectivity index (χ3n) is 4.66.